The molecule has 0 aliphatic heterocycles. The largest absolute Gasteiger partial charge is 0.377 e. The van der Waals surface area contributed by atoms with E-state index in [2.05, 4.69) is 6.07 Å². The lowest BCUT2D eigenvalue weighted by molar-refractivity contribution is -0.114. The molecule has 0 amide bonds. The maximum atomic E-state index is 10.9. The molecular weight excluding hydrogens is 152 g/mol. The zero-order chi connectivity index (χ0) is 8.97. The first-order valence-corrected chi connectivity index (χ1v) is 4.05. The minimum atomic E-state index is 0.203. The van der Waals surface area contributed by atoms with Gasteiger partial charge in [-0.05, 0) is 6.42 Å². The Hall–Kier alpha value is -1.30. The first-order chi connectivity index (χ1) is 5.74. The number of carbonyl (C=O) groups excluding carboxylic acids is 1. The number of nitriles is 1. The molecule has 0 fully saturated rings. The number of hydrogen-bond donors (Lipinski definition) is 0. The third kappa shape index (κ3) is 2.09. The summed E-state index contributed by atoms with van der Waals surface area (Å²) in [6.45, 7) is 0.718. The van der Waals surface area contributed by atoms with Crippen LogP contribution in [-0.2, 0) is 4.79 Å². The van der Waals surface area contributed by atoms with Crippen molar-refractivity contribution in [2.45, 2.75) is 19.3 Å². The molecule has 0 unspecified atom stereocenters. The molecule has 64 valence electrons. The smallest absolute Gasteiger partial charge is 0.157 e. The monoisotopic (exact) mass is 164 g/mol. The SMILES string of the molecule is CN(CCC#N)C1=CC(=O)CC1. The lowest BCUT2D eigenvalue weighted by Gasteiger charge is -2.17. The summed E-state index contributed by atoms with van der Waals surface area (Å²) in [5, 5.41) is 8.35. The van der Waals surface area contributed by atoms with E-state index in [9.17, 15) is 4.79 Å². The van der Waals surface area contributed by atoms with E-state index >= 15 is 0 Å². The van der Waals surface area contributed by atoms with E-state index in [-0.39, 0.29) is 5.78 Å². The van der Waals surface area contributed by atoms with E-state index in [0.29, 0.717) is 12.8 Å². The molecule has 12 heavy (non-hydrogen) atoms. The summed E-state index contributed by atoms with van der Waals surface area (Å²) >= 11 is 0. The third-order valence-corrected chi connectivity index (χ3v) is 2.00. The fourth-order valence-corrected chi connectivity index (χ4v) is 1.24. The van der Waals surface area contributed by atoms with E-state index in [1.54, 1.807) is 6.08 Å². The lowest BCUT2D eigenvalue weighted by atomic mass is 10.3. The van der Waals surface area contributed by atoms with Gasteiger partial charge < -0.3 is 4.90 Å². The van der Waals surface area contributed by atoms with Crippen LogP contribution >= 0.6 is 0 Å². The number of nitrogens with zero attached hydrogens (tertiary/aromatic N) is 2. The third-order valence-electron chi connectivity index (χ3n) is 2.00. The molecule has 0 aromatic heterocycles. The molecule has 0 N–H and O–H groups in total. The van der Waals surface area contributed by atoms with Crippen LogP contribution in [0.5, 0.6) is 0 Å². The van der Waals surface area contributed by atoms with E-state index in [1.165, 1.54) is 0 Å². The highest BCUT2D eigenvalue weighted by Gasteiger charge is 2.14. The van der Waals surface area contributed by atoms with Gasteiger partial charge in [-0.2, -0.15) is 5.26 Å². The van der Waals surface area contributed by atoms with Crippen LogP contribution in [0.25, 0.3) is 0 Å². The Balaban J connectivity index is 2.43. The van der Waals surface area contributed by atoms with Crippen molar-refractivity contribution in [3.05, 3.63) is 11.8 Å². The first-order valence-electron chi connectivity index (χ1n) is 4.05. The van der Waals surface area contributed by atoms with Gasteiger partial charge in [0.1, 0.15) is 0 Å². The highest BCUT2D eigenvalue weighted by Crippen LogP contribution is 2.17. The van der Waals surface area contributed by atoms with Gasteiger partial charge in [0.2, 0.25) is 0 Å². The minimum absolute atomic E-state index is 0.203. The summed E-state index contributed by atoms with van der Waals surface area (Å²) in [7, 11) is 1.92. The summed E-state index contributed by atoms with van der Waals surface area (Å²) < 4.78 is 0. The predicted molar refractivity (Wildman–Crippen MR) is 45.2 cm³/mol. The second-order valence-corrected chi connectivity index (χ2v) is 2.93. The molecule has 0 aromatic rings. The molecule has 0 spiro atoms. The van der Waals surface area contributed by atoms with Gasteiger partial charge in [0.05, 0.1) is 12.5 Å². The minimum Gasteiger partial charge on any atom is -0.377 e. The van der Waals surface area contributed by atoms with Gasteiger partial charge in [-0.15, -0.1) is 0 Å². The number of ketones is 1. The molecule has 0 atom stereocenters. The summed E-state index contributed by atoms with van der Waals surface area (Å²) in [5.74, 6) is 0.203. The van der Waals surface area contributed by atoms with Crippen LogP contribution < -0.4 is 0 Å². The van der Waals surface area contributed by atoms with E-state index in [1.807, 2.05) is 11.9 Å². The second kappa shape index (κ2) is 3.91. The average Bonchev–Trinajstić information content (AvgIpc) is 2.47. The van der Waals surface area contributed by atoms with Crippen molar-refractivity contribution in [1.29, 1.82) is 5.26 Å². The molecule has 0 radical (unpaired) electrons. The van der Waals surface area contributed by atoms with Gasteiger partial charge in [0.25, 0.3) is 0 Å². The van der Waals surface area contributed by atoms with Crippen molar-refractivity contribution in [2.75, 3.05) is 13.6 Å². The van der Waals surface area contributed by atoms with Crippen molar-refractivity contribution in [1.82, 2.24) is 4.90 Å². The summed E-state index contributed by atoms with van der Waals surface area (Å²) in [6.07, 6.45) is 3.66. The van der Waals surface area contributed by atoms with Crippen LogP contribution in [0.3, 0.4) is 0 Å². The van der Waals surface area contributed by atoms with E-state index in [4.69, 9.17) is 5.26 Å². The maximum absolute atomic E-state index is 10.9. The Kier molecular flexibility index (Phi) is 2.87. The summed E-state index contributed by atoms with van der Waals surface area (Å²) in [6, 6.07) is 2.08. The Labute approximate surface area is 72.3 Å². The maximum Gasteiger partial charge on any atom is 0.157 e. The number of carbonyl (C=O) groups is 1. The van der Waals surface area contributed by atoms with Gasteiger partial charge in [0.15, 0.2) is 5.78 Å². The second-order valence-electron chi connectivity index (χ2n) is 2.93. The zero-order valence-corrected chi connectivity index (χ0v) is 7.21. The van der Waals surface area contributed by atoms with Crippen LogP contribution in [0.2, 0.25) is 0 Å². The molecule has 0 heterocycles. The topological polar surface area (TPSA) is 44.1 Å². The molecule has 0 bridgehead atoms. The van der Waals surface area contributed by atoms with Gasteiger partial charge in [-0.3, -0.25) is 4.79 Å². The fourth-order valence-electron chi connectivity index (χ4n) is 1.24. The molecule has 1 aliphatic carbocycles. The molecule has 3 heteroatoms. The summed E-state index contributed by atoms with van der Waals surface area (Å²) in [4.78, 5) is 12.8. The highest BCUT2D eigenvalue weighted by molar-refractivity contribution is 5.92. The normalized spacial score (nSPS) is 15.7. The molecule has 3 nitrogen and oxygen atoms in total. The van der Waals surface area contributed by atoms with Gasteiger partial charge in [-0.1, -0.05) is 0 Å². The quantitative estimate of drug-likeness (QED) is 0.627. The van der Waals surface area contributed by atoms with Crippen molar-refractivity contribution >= 4 is 5.78 Å². The van der Waals surface area contributed by atoms with Crippen LogP contribution in [0, 0.1) is 11.3 Å². The molecule has 0 aromatic carbocycles. The Morgan fingerprint density at radius 1 is 1.67 bits per heavy atom. The van der Waals surface area contributed by atoms with Crippen molar-refractivity contribution in [3.8, 4) is 6.07 Å². The molecule has 1 aliphatic rings. The molecule has 1 rings (SSSR count). The Morgan fingerprint density at radius 3 is 2.92 bits per heavy atom. The van der Waals surface area contributed by atoms with Crippen LogP contribution in [0.1, 0.15) is 19.3 Å². The zero-order valence-electron chi connectivity index (χ0n) is 7.21. The van der Waals surface area contributed by atoms with Gasteiger partial charge >= 0.3 is 0 Å². The number of hydrogen-bond acceptors (Lipinski definition) is 3. The van der Waals surface area contributed by atoms with E-state index < -0.39 is 0 Å². The Bertz CT molecular complexity index is 250. The highest BCUT2D eigenvalue weighted by atomic mass is 16.1. The van der Waals surface area contributed by atoms with Crippen molar-refractivity contribution in [2.24, 2.45) is 0 Å². The average molecular weight is 164 g/mol. The lowest BCUT2D eigenvalue weighted by Crippen LogP contribution is -2.17. The van der Waals surface area contributed by atoms with E-state index in [0.717, 1.165) is 18.7 Å². The predicted octanol–water partition coefficient (Wildman–Crippen LogP) is 1.08. The van der Waals surface area contributed by atoms with Crippen LogP contribution in [0.15, 0.2) is 11.8 Å². The Morgan fingerprint density at radius 2 is 2.42 bits per heavy atom. The molecule has 0 saturated heterocycles. The molecule has 0 saturated carbocycles. The number of allylic oxidation sites excluding steroid dienone is 2. The molecular formula is C9H12N2O. The van der Waals surface area contributed by atoms with Crippen molar-refractivity contribution in [3.63, 3.8) is 0 Å². The van der Waals surface area contributed by atoms with Crippen LogP contribution in [0.4, 0.5) is 0 Å². The fraction of sp³-hybridized carbons (Fsp3) is 0.556. The summed E-state index contributed by atoms with van der Waals surface area (Å²) in [5.41, 5.74) is 1.07. The standard InChI is InChI=1S/C9H12N2O/c1-11(6-2-5-10)8-3-4-9(12)7-8/h7H,2-4,6H2,1H3. The van der Waals surface area contributed by atoms with Crippen LogP contribution in [-0.4, -0.2) is 24.3 Å². The van der Waals surface area contributed by atoms with Crippen molar-refractivity contribution < 1.29 is 4.79 Å². The number of rotatable bonds is 3. The first kappa shape index (κ1) is 8.79. The van der Waals surface area contributed by atoms with Gasteiger partial charge in [-0.25, -0.2) is 0 Å². The van der Waals surface area contributed by atoms with Gasteiger partial charge in [0, 0.05) is 31.8 Å².